The minimum atomic E-state index is -2.80. The number of benzene rings is 2. The molecule has 0 fully saturated rings. The number of nitrogen functional groups attached to an aromatic ring is 2. The summed E-state index contributed by atoms with van der Waals surface area (Å²) in [6.07, 6.45) is -2.69. The van der Waals surface area contributed by atoms with E-state index < -0.39 is 12.0 Å². The van der Waals surface area contributed by atoms with E-state index in [0.29, 0.717) is 5.52 Å². The van der Waals surface area contributed by atoms with Gasteiger partial charge in [-0.2, -0.15) is 15.2 Å². The van der Waals surface area contributed by atoms with E-state index in [1.807, 2.05) is 6.07 Å². The first-order chi connectivity index (χ1) is 16.7. The molecule has 0 bridgehead atoms. The summed E-state index contributed by atoms with van der Waals surface area (Å²) in [5, 5.41) is 12.6. The molecule has 35 heavy (non-hydrogen) atoms. The zero-order valence-electron chi connectivity index (χ0n) is 17.8. The lowest BCUT2D eigenvalue weighted by Gasteiger charge is -2.16. The van der Waals surface area contributed by atoms with E-state index >= 15 is 0 Å². The summed E-state index contributed by atoms with van der Waals surface area (Å²) in [6, 6.07) is 10.4. The number of anilines is 3. The third kappa shape index (κ3) is 4.80. The van der Waals surface area contributed by atoms with Crippen LogP contribution in [-0.4, -0.2) is 26.1 Å². The van der Waals surface area contributed by atoms with Crippen LogP contribution in [0.1, 0.15) is 23.4 Å². The van der Waals surface area contributed by atoms with Gasteiger partial charge in [0.05, 0.1) is 21.6 Å². The topological polar surface area (TPSA) is 149 Å². The standard InChI is InChI=1S/C22H16Cl2F2N8O/c23-11-6-10(18(25)26)7-12(8-11)34-16(31-15-3-1-2-14(24)17(15)21(34)35)4-5-30-20-13(9-27)19(28)32-22(29)33-20/h1-3,6-8,18H,4-5H2,(H5,28,29,30,32,33). The van der Waals surface area contributed by atoms with Gasteiger partial charge in [-0.1, -0.05) is 29.3 Å². The molecule has 0 radical (unpaired) electrons. The first-order valence-corrected chi connectivity index (χ1v) is 10.8. The van der Waals surface area contributed by atoms with Crippen molar-refractivity contribution < 1.29 is 8.78 Å². The molecule has 0 spiro atoms. The number of hydrogen-bond acceptors (Lipinski definition) is 8. The summed E-state index contributed by atoms with van der Waals surface area (Å²) >= 11 is 12.3. The summed E-state index contributed by atoms with van der Waals surface area (Å²) in [5.74, 6) is 0.125. The van der Waals surface area contributed by atoms with E-state index in [4.69, 9.17) is 34.7 Å². The monoisotopic (exact) mass is 516 g/mol. The Morgan fingerprint density at radius 3 is 2.63 bits per heavy atom. The third-order valence-electron chi connectivity index (χ3n) is 5.04. The smallest absolute Gasteiger partial charge is 0.267 e. The highest BCUT2D eigenvalue weighted by atomic mass is 35.5. The van der Waals surface area contributed by atoms with Crippen LogP contribution < -0.4 is 22.3 Å². The van der Waals surface area contributed by atoms with Gasteiger partial charge in [-0.05, 0) is 30.3 Å². The lowest BCUT2D eigenvalue weighted by atomic mass is 10.1. The van der Waals surface area contributed by atoms with Gasteiger partial charge in [-0.3, -0.25) is 9.36 Å². The van der Waals surface area contributed by atoms with E-state index in [1.165, 1.54) is 22.8 Å². The van der Waals surface area contributed by atoms with Crippen molar-refractivity contribution in [1.82, 2.24) is 19.5 Å². The van der Waals surface area contributed by atoms with E-state index in [1.54, 1.807) is 12.1 Å². The Kier molecular flexibility index (Phi) is 6.68. The van der Waals surface area contributed by atoms with Crippen molar-refractivity contribution in [3.63, 3.8) is 0 Å². The number of aromatic nitrogens is 4. The first-order valence-electron chi connectivity index (χ1n) is 10.1. The van der Waals surface area contributed by atoms with Gasteiger partial charge in [-0.25, -0.2) is 13.8 Å². The molecule has 0 aliphatic carbocycles. The molecule has 2 heterocycles. The van der Waals surface area contributed by atoms with Gasteiger partial charge in [0.2, 0.25) is 5.95 Å². The zero-order chi connectivity index (χ0) is 25.3. The summed E-state index contributed by atoms with van der Waals surface area (Å²) in [4.78, 5) is 25.8. The molecular weight excluding hydrogens is 501 g/mol. The Morgan fingerprint density at radius 1 is 1.14 bits per heavy atom. The number of fused-ring (bicyclic) bond motifs is 1. The maximum absolute atomic E-state index is 13.5. The first kappa shape index (κ1) is 24.1. The van der Waals surface area contributed by atoms with Crippen molar-refractivity contribution in [3.05, 3.63) is 73.7 Å². The van der Waals surface area contributed by atoms with E-state index in [2.05, 4.69) is 20.3 Å². The Balaban J connectivity index is 1.81. The fourth-order valence-electron chi connectivity index (χ4n) is 3.55. The molecule has 0 saturated heterocycles. The average Bonchev–Trinajstić information content (AvgIpc) is 2.78. The highest BCUT2D eigenvalue weighted by molar-refractivity contribution is 6.35. The highest BCUT2D eigenvalue weighted by Gasteiger charge is 2.18. The lowest BCUT2D eigenvalue weighted by molar-refractivity contribution is 0.151. The molecule has 2 aromatic carbocycles. The maximum atomic E-state index is 13.5. The van der Waals surface area contributed by atoms with Crippen LogP contribution in [0.5, 0.6) is 0 Å². The van der Waals surface area contributed by atoms with Crippen molar-refractivity contribution in [2.75, 3.05) is 23.3 Å². The molecule has 0 amide bonds. The second-order valence-corrected chi connectivity index (χ2v) is 8.17. The molecule has 0 saturated carbocycles. The molecule has 0 aliphatic heterocycles. The number of nitrogens with zero attached hydrogens (tertiary/aromatic N) is 5. The number of nitrogens with two attached hydrogens (primary N) is 2. The second-order valence-electron chi connectivity index (χ2n) is 7.33. The van der Waals surface area contributed by atoms with Crippen LogP contribution in [-0.2, 0) is 6.42 Å². The van der Waals surface area contributed by atoms with Crippen LogP contribution in [0.25, 0.3) is 16.6 Å². The predicted octanol–water partition coefficient (Wildman–Crippen LogP) is 4.11. The molecule has 13 heteroatoms. The van der Waals surface area contributed by atoms with Crippen LogP contribution in [0.2, 0.25) is 10.0 Å². The third-order valence-corrected chi connectivity index (χ3v) is 5.57. The molecule has 9 nitrogen and oxygen atoms in total. The second kappa shape index (κ2) is 9.69. The van der Waals surface area contributed by atoms with E-state index in [0.717, 1.165) is 6.07 Å². The Bertz CT molecular complexity index is 1550. The van der Waals surface area contributed by atoms with Crippen molar-refractivity contribution in [2.45, 2.75) is 12.8 Å². The van der Waals surface area contributed by atoms with E-state index in [9.17, 15) is 18.8 Å². The molecule has 0 atom stereocenters. The summed E-state index contributed by atoms with van der Waals surface area (Å²) < 4.78 is 28.1. The Morgan fingerprint density at radius 2 is 1.91 bits per heavy atom. The van der Waals surface area contributed by atoms with Gasteiger partial charge < -0.3 is 16.8 Å². The SMILES string of the molecule is N#Cc1c(N)nc(N)nc1NCCc1nc2cccc(Cl)c2c(=O)n1-c1cc(Cl)cc(C(F)F)c1. The van der Waals surface area contributed by atoms with Gasteiger partial charge in [-0.15, -0.1) is 0 Å². The average molecular weight is 517 g/mol. The van der Waals surface area contributed by atoms with Crippen molar-refractivity contribution in [3.8, 4) is 11.8 Å². The largest absolute Gasteiger partial charge is 0.382 e. The number of nitriles is 1. The quantitative estimate of drug-likeness (QED) is 0.346. The number of alkyl halides is 2. The van der Waals surface area contributed by atoms with E-state index in [-0.39, 0.29) is 68.6 Å². The molecule has 0 aliphatic rings. The Labute approximate surface area is 206 Å². The van der Waals surface area contributed by atoms with Gasteiger partial charge in [0.15, 0.2) is 5.82 Å². The van der Waals surface area contributed by atoms with Gasteiger partial charge >= 0.3 is 0 Å². The maximum Gasteiger partial charge on any atom is 0.267 e. The van der Waals surface area contributed by atoms with Crippen molar-refractivity contribution >= 4 is 51.7 Å². The number of nitrogens with one attached hydrogen (secondary N) is 1. The summed E-state index contributed by atoms with van der Waals surface area (Å²) in [5.41, 5.74) is 10.9. The summed E-state index contributed by atoms with van der Waals surface area (Å²) in [7, 11) is 0. The highest BCUT2D eigenvalue weighted by Crippen LogP contribution is 2.27. The fourth-order valence-corrected chi connectivity index (χ4v) is 4.04. The van der Waals surface area contributed by atoms with Gasteiger partial charge in [0, 0.05) is 23.6 Å². The molecular formula is C22H16Cl2F2N8O. The van der Waals surface area contributed by atoms with Crippen LogP contribution in [0.15, 0.2) is 41.2 Å². The molecule has 2 aromatic heterocycles. The number of rotatable bonds is 6. The van der Waals surface area contributed by atoms with Crippen molar-refractivity contribution in [2.24, 2.45) is 0 Å². The van der Waals surface area contributed by atoms with Crippen LogP contribution in [0, 0.1) is 11.3 Å². The number of hydrogen-bond donors (Lipinski definition) is 3. The molecule has 4 aromatic rings. The van der Waals surface area contributed by atoms with Gasteiger partial charge in [0.25, 0.3) is 12.0 Å². The van der Waals surface area contributed by atoms with Crippen LogP contribution in [0.3, 0.4) is 0 Å². The minimum absolute atomic E-state index is 0.00580. The van der Waals surface area contributed by atoms with Gasteiger partial charge in [0.1, 0.15) is 23.3 Å². The zero-order valence-corrected chi connectivity index (χ0v) is 19.3. The predicted molar refractivity (Wildman–Crippen MR) is 130 cm³/mol. The number of halogens is 4. The molecule has 5 N–H and O–H groups in total. The molecule has 0 unspecified atom stereocenters. The summed E-state index contributed by atoms with van der Waals surface area (Å²) in [6.45, 7) is 0.130. The lowest BCUT2D eigenvalue weighted by Crippen LogP contribution is -2.26. The minimum Gasteiger partial charge on any atom is -0.382 e. The molecule has 4 rings (SSSR count). The van der Waals surface area contributed by atoms with Crippen LogP contribution in [0.4, 0.5) is 26.4 Å². The fraction of sp³-hybridized carbons (Fsp3) is 0.136. The van der Waals surface area contributed by atoms with Crippen LogP contribution >= 0.6 is 23.2 Å². The molecule has 178 valence electrons. The Hall–Kier alpha value is -4.01. The normalized spacial score (nSPS) is 11.1. The van der Waals surface area contributed by atoms with Crippen molar-refractivity contribution in [1.29, 1.82) is 5.26 Å².